The van der Waals surface area contributed by atoms with Crippen LogP contribution in [0, 0.1) is 11.3 Å². The molecular weight excluding hydrogens is 234 g/mol. The lowest BCUT2D eigenvalue weighted by molar-refractivity contribution is -0.0239. The van der Waals surface area contributed by atoms with Gasteiger partial charge in [0.1, 0.15) is 0 Å². The van der Waals surface area contributed by atoms with E-state index in [1.54, 1.807) is 0 Å². The Bertz CT molecular complexity index is 254. The van der Waals surface area contributed by atoms with E-state index in [9.17, 15) is 0 Å². The van der Waals surface area contributed by atoms with Gasteiger partial charge >= 0.3 is 0 Å². The maximum atomic E-state index is 6.09. The minimum atomic E-state index is 0.240. The Morgan fingerprint density at radius 2 is 1.84 bits per heavy atom. The van der Waals surface area contributed by atoms with Crippen LogP contribution in [0.25, 0.3) is 0 Å². The van der Waals surface area contributed by atoms with Crippen LogP contribution in [0.2, 0.25) is 0 Å². The summed E-state index contributed by atoms with van der Waals surface area (Å²) in [5, 5.41) is 3.52. The average molecular weight is 269 g/mol. The summed E-state index contributed by atoms with van der Waals surface area (Å²) < 4.78 is 6.09. The minimum Gasteiger partial charge on any atom is -0.378 e. The number of hydrogen-bond acceptors (Lipinski definition) is 2. The van der Waals surface area contributed by atoms with E-state index in [0.29, 0.717) is 11.5 Å². The van der Waals surface area contributed by atoms with E-state index in [4.69, 9.17) is 4.74 Å². The van der Waals surface area contributed by atoms with Crippen molar-refractivity contribution in [2.24, 2.45) is 11.3 Å². The van der Waals surface area contributed by atoms with Crippen molar-refractivity contribution >= 4 is 0 Å². The van der Waals surface area contributed by atoms with Gasteiger partial charge in [-0.25, -0.2) is 0 Å². The second kappa shape index (κ2) is 7.08. The topological polar surface area (TPSA) is 21.3 Å². The van der Waals surface area contributed by atoms with Gasteiger partial charge in [-0.2, -0.15) is 0 Å². The van der Waals surface area contributed by atoms with Gasteiger partial charge in [0.15, 0.2) is 0 Å². The Morgan fingerprint density at radius 3 is 2.42 bits per heavy atom. The minimum absolute atomic E-state index is 0.240. The fourth-order valence-electron chi connectivity index (χ4n) is 3.33. The van der Waals surface area contributed by atoms with E-state index < -0.39 is 0 Å². The maximum Gasteiger partial charge on any atom is 0.0582 e. The van der Waals surface area contributed by atoms with Crippen LogP contribution >= 0.6 is 0 Å². The van der Waals surface area contributed by atoms with Gasteiger partial charge in [-0.3, -0.25) is 0 Å². The molecule has 1 fully saturated rings. The van der Waals surface area contributed by atoms with Crippen LogP contribution in [0.1, 0.15) is 73.6 Å². The molecule has 0 aromatic heterocycles. The first-order chi connectivity index (χ1) is 8.68. The van der Waals surface area contributed by atoms with Gasteiger partial charge in [0.2, 0.25) is 0 Å². The standard InChI is InChI=1S/C17H35NO/c1-14-11-15(13-17(5,6)12-14)19-10-8-7-9-18-16(2,3)4/h14-15,18H,7-13H2,1-6H3. The van der Waals surface area contributed by atoms with Crippen molar-refractivity contribution < 1.29 is 4.74 Å². The van der Waals surface area contributed by atoms with Crippen molar-refractivity contribution in [1.82, 2.24) is 5.32 Å². The summed E-state index contributed by atoms with van der Waals surface area (Å²) in [4.78, 5) is 0. The number of unbranched alkanes of at least 4 members (excludes halogenated alkanes) is 1. The molecule has 0 aliphatic heterocycles. The highest BCUT2D eigenvalue weighted by atomic mass is 16.5. The van der Waals surface area contributed by atoms with Crippen LogP contribution in [-0.4, -0.2) is 24.8 Å². The van der Waals surface area contributed by atoms with Gasteiger partial charge in [0.25, 0.3) is 0 Å². The van der Waals surface area contributed by atoms with E-state index in [1.807, 2.05) is 0 Å². The van der Waals surface area contributed by atoms with Crippen molar-refractivity contribution in [3.63, 3.8) is 0 Å². The van der Waals surface area contributed by atoms with Crippen molar-refractivity contribution in [1.29, 1.82) is 0 Å². The lowest BCUT2D eigenvalue weighted by Gasteiger charge is -2.38. The van der Waals surface area contributed by atoms with Crippen LogP contribution in [0.5, 0.6) is 0 Å². The molecule has 0 heterocycles. The Labute approximate surface area is 120 Å². The molecule has 0 radical (unpaired) electrons. The Kier molecular flexibility index (Phi) is 6.32. The first-order valence-corrected chi connectivity index (χ1v) is 8.05. The third kappa shape index (κ3) is 7.94. The smallest absolute Gasteiger partial charge is 0.0582 e. The molecule has 1 aliphatic rings. The molecule has 2 unspecified atom stereocenters. The average Bonchev–Trinajstić information content (AvgIpc) is 2.18. The van der Waals surface area contributed by atoms with Gasteiger partial charge in [-0.15, -0.1) is 0 Å². The van der Waals surface area contributed by atoms with Crippen LogP contribution in [0.15, 0.2) is 0 Å². The van der Waals surface area contributed by atoms with Crippen LogP contribution < -0.4 is 5.32 Å². The van der Waals surface area contributed by atoms with Crippen molar-refractivity contribution in [3.8, 4) is 0 Å². The molecule has 0 aromatic carbocycles. The SMILES string of the molecule is CC1CC(OCCCCNC(C)(C)C)CC(C)(C)C1. The lowest BCUT2D eigenvalue weighted by atomic mass is 9.71. The molecule has 1 rings (SSSR count). The zero-order valence-electron chi connectivity index (χ0n) is 14.0. The summed E-state index contributed by atoms with van der Waals surface area (Å²) in [5.41, 5.74) is 0.708. The molecular formula is C17H35NO. The number of ether oxygens (including phenoxy) is 1. The maximum absolute atomic E-state index is 6.09. The highest BCUT2D eigenvalue weighted by Gasteiger charge is 2.32. The second-order valence-electron chi connectivity index (χ2n) is 8.29. The van der Waals surface area contributed by atoms with E-state index in [0.717, 1.165) is 19.1 Å². The normalized spacial score (nSPS) is 27.5. The van der Waals surface area contributed by atoms with Crippen molar-refractivity contribution in [2.45, 2.75) is 85.3 Å². The van der Waals surface area contributed by atoms with Gasteiger partial charge in [0, 0.05) is 12.1 Å². The molecule has 1 N–H and O–H groups in total. The fourth-order valence-corrected chi connectivity index (χ4v) is 3.33. The largest absolute Gasteiger partial charge is 0.378 e. The molecule has 1 aliphatic carbocycles. The monoisotopic (exact) mass is 269 g/mol. The highest BCUT2D eigenvalue weighted by Crippen LogP contribution is 2.39. The molecule has 0 aromatic rings. The third-order valence-electron chi connectivity index (χ3n) is 3.93. The van der Waals surface area contributed by atoms with Gasteiger partial charge < -0.3 is 10.1 Å². The fraction of sp³-hybridized carbons (Fsp3) is 1.00. The van der Waals surface area contributed by atoms with E-state index >= 15 is 0 Å². The molecule has 0 spiro atoms. The van der Waals surface area contributed by atoms with Crippen molar-refractivity contribution in [3.05, 3.63) is 0 Å². The molecule has 0 saturated heterocycles. The predicted molar refractivity (Wildman–Crippen MR) is 83.5 cm³/mol. The summed E-state index contributed by atoms with van der Waals surface area (Å²) in [6.45, 7) is 15.8. The molecule has 2 atom stereocenters. The molecule has 0 bridgehead atoms. The molecule has 19 heavy (non-hydrogen) atoms. The molecule has 1 saturated carbocycles. The van der Waals surface area contributed by atoms with E-state index in [2.05, 4.69) is 46.9 Å². The van der Waals surface area contributed by atoms with Crippen molar-refractivity contribution in [2.75, 3.05) is 13.2 Å². The van der Waals surface area contributed by atoms with Gasteiger partial charge in [-0.1, -0.05) is 20.8 Å². The lowest BCUT2D eigenvalue weighted by Crippen LogP contribution is -2.36. The molecule has 0 amide bonds. The van der Waals surface area contributed by atoms with Crippen LogP contribution in [0.3, 0.4) is 0 Å². The third-order valence-corrected chi connectivity index (χ3v) is 3.93. The Hall–Kier alpha value is -0.0800. The van der Waals surface area contributed by atoms with E-state index in [1.165, 1.54) is 32.1 Å². The zero-order valence-corrected chi connectivity index (χ0v) is 14.0. The second-order valence-corrected chi connectivity index (χ2v) is 8.29. The summed E-state index contributed by atoms with van der Waals surface area (Å²) in [6.07, 6.45) is 6.72. The summed E-state index contributed by atoms with van der Waals surface area (Å²) in [6, 6.07) is 0. The predicted octanol–water partition coefficient (Wildman–Crippen LogP) is 4.39. The van der Waals surface area contributed by atoms with Gasteiger partial charge in [0.05, 0.1) is 6.10 Å². The number of rotatable bonds is 6. The highest BCUT2D eigenvalue weighted by molar-refractivity contribution is 4.83. The summed E-state index contributed by atoms with van der Waals surface area (Å²) in [5.74, 6) is 0.816. The first-order valence-electron chi connectivity index (χ1n) is 8.05. The molecule has 2 nitrogen and oxygen atoms in total. The summed E-state index contributed by atoms with van der Waals surface area (Å²) >= 11 is 0. The zero-order chi connectivity index (χ0) is 14.5. The van der Waals surface area contributed by atoms with E-state index in [-0.39, 0.29) is 5.54 Å². The molecule has 2 heteroatoms. The van der Waals surface area contributed by atoms with Crippen LogP contribution in [-0.2, 0) is 4.74 Å². The Balaban J connectivity index is 2.09. The first kappa shape index (κ1) is 17.0. The Morgan fingerprint density at radius 1 is 1.16 bits per heavy atom. The number of nitrogens with one attached hydrogen (secondary N) is 1. The molecule has 114 valence electrons. The number of hydrogen-bond donors (Lipinski definition) is 1. The van der Waals surface area contributed by atoms with Gasteiger partial charge in [-0.05, 0) is 70.8 Å². The quantitative estimate of drug-likeness (QED) is 0.722. The summed E-state index contributed by atoms with van der Waals surface area (Å²) in [7, 11) is 0. The van der Waals surface area contributed by atoms with Crippen LogP contribution in [0.4, 0.5) is 0 Å².